The monoisotopic (exact) mass is 263 g/mol. The first kappa shape index (κ1) is 12.9. The number of fused-ring (bicyclic) bond motifs is 1. The van der Waals surface area contributed by atoms with Crippen molar-refractivity contribution in [3.05, 3.63) is 29.6 Å². The van der Waals surface area contributed by atoms with Gasteiger partial charge < -0.3 is 10.6 Å². The Labute approximate surface area is 114 Å². The van der Waals surface area contributed by atoms with Crippen molar-refractivity contribution in [3.8, 4) is 0 Å². The number of anilines is 1. The average Bonchev–Trinajstić information content (AvgIpc) is 2.84. The number of piperazine rings is 1. The van der Waals surface area contributed by atoms with Gasteiger partial charge in [-0.2, -0.15) is 0 Å². The van der Waals surface area contributed by atoms with Gasteiger partial charge in [-0.15, -0.1) is 0 Å². The van der Waals surface area contributed by atoms with Crippen LogP contribution in [0.15, 0.2) is 18.2 Å². The summed E-state index contributed by atoms with van der Waals surface area (Å²) in [6.45, 7) is 5.82. The van der Waals surface area contributed by atoms with Crippen LogP contribution in [0.25, 0.3) is 0 Å². The van der Waals surface area contributed by atoms with Crippen molar-refractivity contribution < 1.29 is 4.39 Å². The summed E-state index contributed by atoms with van der Waals surface area (Å²) in [7, 11) is 0. The Balaban J connectivity index is 1.82. The third-order valence-electron chi connectivity index (χ3n) is 4.53. The molecule has 2 aliphatic heterocycles. The molecule has 0 aliphatic carbocycles. The van der Waals surface area contributed by atoms with Crippen molar-refractivity contribution in [2.24, 2.45) is 5.73 Å². The molecule has 2 heterocycles. The van der Waals surface area contributed by atoms with E-state index in [0.717, 1.165) is 18.8 Å². The predicted molar refractivity (Wildman–Crippen MR) is 75.7 cm³/mol. The Hall–Kier alpha value is -1.13. The highest BCUT2D eigenvalue weighted by Gasteiger charge is 2.34. The van der Waals surface area contributed by atoms with Crippen LogP contribution >= 0.6 is 0 Å². The zero-order valence-electron chi connectivity index (χ0n) is 11.5. The van der Waals surface area contributed by atoms with Gasteiger partial charge in [-0.1, -0.05) is 6.07 Å². The molecule has 3 rings (SSSR count). The molecule has 0 amide bonds. The van der Waals surface area contributed by atoms with Crippen LogP contribution in [-0.4, -0.2) is 36.6 Å². The SMILES string of the molecule is CC1CN2CCCC2CN1c1ccc(CN)c(F)c1. The van der Waals surface area contributed by atoms with E-state index in [1.54, 1.807) is 6.07 Å². The normalized spacial score (nSPS) is 27.6. The lowest BCUT2D eigenvalue weighted by molar-refractivity contribution is 0.203. The third-order valence-corrected chi connectivity index (χ3v) is 4.53. The summed E-state index contributed by atoms with van der Waals surface area (Å²) in [4.78, 5) is 4.92. The van der Waals surface area contributed by atoms with E-state index < -0.39 is 0 Å². The van der Waals surface area contributed by atoms with Gasteiger partial charge in [0.15, 0.2) is 0 Å². The molecular weight excluding hydrogens is 241 g/mol. The van der Waals surface area contributed by atoms with Crippen LogP contribution in [0.2, 0.25) is 0 Å². The highest BCUT2D eigenvalue weighted by atomic mass is 19.1. The molecular formula is C15H22FN3. The molecule has 2 aliphatic rings. The van der Waals surface area contributed by atoms with E-state index >= 15 is 0 Å². The number of nitrogens with zero attached hydrogens (tertiary/aromatic N) is 2. The molecule has 2 fully saturated rings. The molecule has 0 radical (unpaired) electrons. The molecule has 3 nitrogen and oxygen atoms in total. The molecule has 0 bridgehead atoms. The van der Waals surface area contributed by atoms with Gasteiger partial charge in [-0.05, 0) is 38.4 Å². The molecule has 2 atom stereocenters. The fraction of sp³-hybridized carbons (Fsp3) is 0.600. The summed E-state index contributed by atoms with van der Waals surface area (Å²) in [6.07, 6.45) is 2.57. The molecule has 104 valence electrons. The van der Waals surface area contributed by atoms with E-state index in [9.17, 15) is 4.39 Å². The Morgan fingerprint density at radius 2 is 2.21 bits per heavy atom. The highest BCUT2D eigenvalue weighted by molar-refractivity contribution is 5.50. The van der Waals surface area contributed by atoms with E-state index in [4.69, 9.17) is 5.73 Å². The van der Waals surface area contributed by atoms with Gasteiger partial charge in [0.25, 0.3) is 0 Å². The van der Waals surface area contributed by atoms with Gasteiger partial charge in [0.1, 0.15) is 5.82 Å². The molecule has 1 aromatic carbocycles. The lowest BCUT2D eigenvalue weighted by Crippen LogP contribution is -2.55. The smallest absolute Gasteiger partial charge is 0.129 e. The fourth-order valence-electron chi connectivity index (χ4n) is 3.43. The minimum atomic E-state index is -0.180. The molecule has 0 aromatic heterocycles. The standard InChI is InChI=1S/C15H22FN3/c1-11-9-18-6-2-3-14(18)10-19(11)13-5-4-12(8-17)15(16)7-13/h4-5,7,11,14H,2-3,6,8-10,17H2,1H3. The molecule has 2 N–H and O–H groups in total. The minimum Gasteiger partial charge on any atom is -0.366 e. The number of benzene rings is 1. The van der Waals surface area contributed by atoms with Gasteiger partial charge in [-0.25, -0.2) is 4.39 Å². The summed E-state index contributed by atoms with van der Waals surface area (Å²) in [6, 6.07) is 6.56. The summed E-state index contributed by atoms with van der Waals surface area (Å²) in [5, 5.41) is 0. The van der Waals surface area contributed by atoms with Gasteiger partial charge in [0.2, 0.25) is 0 Å². The molecule has 2 unspecified atom stereocenters. The first-order chi connectivity index (χ1) is 9.19. The Morgan fingerprint density at radius 3 is 2.95 bits per heavy atom. The first-order valence-corrected chi connectivity index (χ1v) is 7.18. The van der Waals surface area contributed by atoms with Gasteiger partial charge in [-0.3, -0.25) is 4.90 Å². The number of hydrogen-bond donors (Lipinski definition) is 1. The number of hydrogen-bond acceptors (Lipinski definition) is 3. The summed E-state index contributed by atoms with van der Waals surface area (Å²) in [5.41, 5.74) is 7.10. The van der Waals surface area contributed by atoms with E-state index in [1.807, 2.05) is 12.1 Å². The van der Waals surface area contributed by atoms with Crippen molar-refractivity contribution >= 4 is 5.69 Å². The average molecular weight is 263 g/mol. The van der Waals surface area contributed by atoms with Gasteiger partial charge in [0.05, 0.1) is 0 Å². The Kier molecular flexibility index (Phi) is 3.46. The van der Waals surface area contributed by atoms with E-state index in [2.05, 4.69) is 16.7 Å². The fourth-order valence-corrected chi connectivity index (χ4v) is 3.43. The number of rotatable bonds is 2. The summed E-state index contributed by atoms with van der Waals surface area (Å²) in [5.74, 6) is -0.180. The third kappa shape index (κ3) is 2.35. The highest BCUT2D eigenvalue weighted by Crippen LogP contribution is 2.29. The van der Waals surface area contributed by atoms with E-state index in [-0.39, 0.29) is 12.4 Å². The van der Waals surface area contributed by atoms with E-state index in [0.29, 0.717) is 17.6 Å². The maximum atomic E-state index is 13.9. The van der Waals surface area contributed by atoms with E-state index in [1.165, 1.54) is 19.4 Å². The van der Waals surface area contributed by atoms with Crippen molar-refractivity contribution in [1.29, 1.82) is 0 Å². The molecule has 0 spiro atoms. The summed E-state index contributed by atoms with van der Waals surface area (Å²) >= 11 is 0. The molecule has 2 saturated heterocycles. The quantitative estimate of drug-likeness (QED) is 0.885. The maximum Gasteiger partial charge on any atom is 0.129 e. The number of nitrogens with two attached hydrogens (primary N) is 1. The van der Waals surface area contributed by atoms with Crippen molar-refractivity contribution in [1.82, 2.24) is 4.90 Å². The predicted octanol–water partition coefficient (Wildman–Crippen LogP) is 1.96. The number of halogens is 1. The second-order valence-electron chi connectivity index (χ2n) is 5.77. The van der Waals surface area contributed by atoms with Crippen LogP contribution < -0.4 is 10.6 Å². The van der Waals surface area contributed by atoms with Crippen molar-refractivity contribution in [3.63, 3.8) is 0 Å². The van der Waals surface area contributed by atoms with Crippen LogP contribution in [-0.2, 0) is 6.54 Å². The zero-order chi connectivity index (χ0) is 13.4. The second-order valence-corrected chi connectivity index (χ2v) is 5.77. The lowest BCUT2D eigenvalue weighted by Gasteiger charge is -2.43. The van der Waals surface area contributed by atoms with Gasteiger partial charge in [0, 0.05) is 43.0 Å². The van der Waals surface area contributed by atoms with Gasteiger partial charge >= 0.3 is 0 Å². The van der Waals surface area contributed by atoms with Crippen LogP contribution in [0.3, 0.4) is 0 Å². The Bertz CT molecular complexity index is 463. The first-order valence-electron chi connectivity index (χ1n) is 7.18. The lowest BCUT2D eigenvalue weighted by atomic mass is 10.1. The van der Waals surface area contributed by atoms with Crippen molar-refractivity contribution in [2.75, 3.05) is 24.5 Å². The summed E-state index contributed by atoms with van der Waals surface area (Å²) < 4.78 is 13.9. The molecule has 0 saturated carbocycles. The molecule has 19 heavy (non-hydrogen) atoms. The maximum absolute atomic E-state index is 13.9. The van der Waals surface area contributed by atoms with Crippen molar-refractivity contribution in [2.45, 2.75) is 38.4 Å². The van der Waals surface area contributed by atoms with Crippen LogP contribution in [0.4, 0.5) is 10.1 Å². The van der Waals surface area contributed by atoms with Crippen LogP contribution in [0.5, 0.6) is 0 Å². The molecule has 4 heteroatoms. The van der Waals surface area contributed by atoms with Crippen LogP contribution in [0, 0.1) is 5.82 Å². The zero-order valence-corrected chi connectivity index (χ0v) is 11.5. The largest absolute Gasteiger partial charge is 0.366 e. The van der Waals surface area contributed by atoms with Crippen LogP contribution in [0.1, 0.15) is 25.3 Å². The minimum absolute atomic E-state index is 0.180. The Morgan fingerprint density at radius 1 is 1.37 bits per heavy atom. The molecule has 1 aromatic rings. The second kappa shape index (κ2) is 5.10. The topological polar surface area (TPSA) is 32.5 Å².